The third kappa shape index (κ3) is 3.80. The van der Waals surface area contributed by atoms with E-state index in [1.807, 2.05) is 6.92 Å². The molecule has 0 radical (unpaired) electrons. The lowest BCUT2D eigenvalue weighted by Crippen LogP contribution is -2.17. The number of halogens is 1. The molecule has 1 atom stereocenters. The average molecular weight is 181 g/mol. The van der Waals surface area contributed by atoms with Gasteiger partial charge in [0.1, 0.15) is 0 Å². The molecular formula is C6H9ClO2S. The van der Waals surface area contributed by atoms with Crippen LogP contribution in [0.5, 0.6) is 0 Å². The first kappa shape index (κ1) is 9.85. The number of carbonyl (C=O) groups excluding carboxylic acids is 1. The van der Waals surface area contributed by atoms with Crippen LogP contribution in [0.1, 0.15) is 20.3 Å². The van der Waals surface area contributed by atoms with E-state index in [1.165, 1.54) is 0 Å². The molecule has 0 aliphatic rings. The summed E-state index contributed by atoms with van der Waals surface area (Å²) in [6, 6.07) is 0. The van der Waals surface area contributed by atoms with E-state index in [4.69, 9.17) is 16.3 Å². The topological polar surface area (TPSA) is 26.3 Å². The van der Waals surface area contributed by atoms with E-state index in [0.717, 1.165) is 6.42 Å². The van der Waals surface area contributed by atoms with Gasteiger partial charge in [0.25, 0.3) is 0 Å². The minimum Gasteiger partial charge on any atom is -0.458 e. The van der Waals surface area contributed by atoms with E-state index in [9.17, 15) is 4.79 Å². The number of rotatable bonds is 3. The Morgan fingerprint density at radius 2 is 2.30 bits per heavy atom. The number of thiocarbonyl (C=S) groups is 1. The minimum atomic E-state index is -0.606. The lowest BCUT2D eigenvalue weighted by atomic mass is 10.3. The van der Waals surface area contributed by atoms with Crippen molar-refractivity contribution in [2.24, 2.45) is 0 Å². The van der Waals surface area contributed by atoms with Gasteiger partial charge in [-0.1, -0.05) is 30.7 Å². The quantitative estimate of drug-likeness (QED) is 0.377. The molecule has 0 rings (SSSR count). The van der Waals surface area contributed by atoms with Crippen LogP contribution < -0.4 is 0 Å². The van der Waals surface area contributed by atoms with Crippen LogP contribution in [0, 0.1) is 0 Å². The fourth-order valence-electron chi connectivity index (χ4n) is 0.312. The number of esters is 1. The SMILES string of the molecule is CCC(C)OC(=O)C(=S)Cl. The molecule has 2 nitrogen and oxygen atoms in total. The van der Waals surface area contributed by atoms with E-state index in [-0.39, 0.29) is 10.4 Å². The van der Waals surface area contributed by atoms with Crippen molar-refractivity contribution in [1.82, 2.24) is 0 Å². The summed E-state index contributed by atoms with van der Waals surface area (Å²) in [6.07, 6.45) is 0.662. The first-order valence-electron chi connectivity index (χ1n) is 2.98. The monoisotopic (exact) mass is 180 g/mol. The highest BCUT2D eigenvalue weighted by Gasteiger charge is 2.10. The Balaban J connectivity index is 3.68. The van der Waals surface area contributed by atoms with Crippen LogP contribution >= 0.6 is 23.8 Å². The zero-order valence-corrected chi connectivity index (χ0v) is 7.46. The van der Waals surface area contributed by atoms with E-state index < -0.39 is 5.97 Å². The predicted octanol–water partition coefficient (Wildman–Crippen LogP) is 1.89. The Kier molecular flexibility index (Phi) is 4.56. The van der Waals surface area contributed by atoms with Crippen molar-refractivity contribution in [2.45, 2.75) is 26.4 Å². The Bertz CT molecular complexity index is 147. The minimum absolute atomic E-state index is 0.107. The van der Waals surface area contributed by atoms with Gasteiger partial charge < -0.3 is 4.74 Å². The second kappa shape index (κ2) is 4.63. The third-order valence-electron chi connectivity index (χ3n) is 1.04. The molecule has 0 aromatic rings. The molecule has 0 aliphatic carbocycles. The molecule has 0 saturated carbocycles. The van der Waals surface area contributed by atoms with Gasteiger partial charge in [0.2, 0.25) is 0 Å². The van der Waals surface area contributed by atoms with Gasteiger partial charge in [-0.2, -0.15) is 0 Å². The lowest BCUT2D eigenvalue weighted by molar-refractivity contribution is -0.139. The predicted molar refractivity (Wildman–Crippen MR) is 44.3 cm³/mol. The van der Waals surface area contributed by atoms with E-state index in [1.54, 1.807) is 6.92 Å². The molecular weight excluding hydrogens is 172 g/mol. The van der Waals surface area contributed by atoms with Crippen molar-refractivity contribution in [3.63, 3.8) is 0 Å². The highest BCUT2D eigenvalue weighted by molar-refractivity contribution is 7.85. The van der Waals surface area contributed by atoms with Crippen molar-refractivity contribution in [3.05, 3.63) is 0 Å². The van der Waals surface area contributed by atoms with Gasteiger partial charge in [-0.25, -0.2) is 4.79 Å². The molecule has 0 spiro atoms. The Morgan fingerprint density at radius 3 is 2.60 bits per heavy atom. The molecule has 0 saturated heterocycles. The Labute approximate surface area is 70.5 Å². The maximum absolute atomic E-state index is 10.6. The van der Waals surface area contributed by atoms with Crippen LogP contribution in [-0.4, -0.2) is 16.4 Å². The zero-order chi connectivity index (χ0) is 8.15. The summed E-state index contributed by atoms with van der Waals surface area (Å²) in [5.74, 6) is -0.606. The molecule has 0 aromatic carbocycles. The van der Waals surface area contributed by atoms with Crippen LogP contribution in [-0.2, 0) is 9.53 Å². The van der Waals surface area contributed by atoms with E-state index >= 15 is 0 Å². The Hall–Kier alpha value is -0.150. The molecule has 0 N–H and O–H groups in total. The molecule has 10 heavy (non-hydrogen) atoms. The van der Waals surface area contributed by atoms with Crippen LogP contribution in [0.2, 0.25) is 0 Å². The normalized spacial score (nSPS) is 12.3. The summed E-state index contributed by atoms with van der Waals surface area (Å²) in [5.41, 5.74) is 0. The highest BCUT2D eigenvalue weighted by atomic mass is 35.5. The number of hydrogen-bond acceptors (Lipinski definition) is 3. The van der Waals surface area contributed by atoms with Gasteiger partial charge >= 0.3 is 5.97 Å². The molecule has 0 amide bonds. The van der Waals surface area contributed by atoms with Crippen LogP contribution in [0.3, 0.4) is 0 Å². The van der Waals surface area contributed by atoms with Gasteiger partial charge in [0, 0.05) is 0 Å². The number of hydrogen-bond donors (Lipinski definition) is 0. The summed E-state index contributed by atoms with van der Waals surface area (Å²) in [7, 11) is 0. The second-order valence-corrected chi connectivity index (χ2v) is 2.91. The molecule has 0 aromatic heterocycles. The maximum atomic E-state index is 10.6. The fraction of sp³-hybridized carbons (Fsp3) is 0.667. The van der Waals surface area contributed by atoms with Crippen molar-refractivity contribution in [2.75, 3.05) is 0 Å². The zero-order valence-electron chi connectivity index (χ0n) is 5.89. The molecule has 0 bridgehead atoms. The van der Waals surface area contributed by atoms with Gasteiger partial charge in [0.15, 0.2) is 4.32 Å². The molecule has 4 heteroatoms. The summed E-state index contributed by atoms with van der Waals surface area (Å²) in [4.78, 5) is 10.6. The number of ether oxygens (including phenoxy) is 1. The maximum Gasteiger partial charge on any atom is 0.361 e. The fourth-order valence-corrected chi connectivity index (χ4v) is 0.405. The largest absolute Gasteiger partial charge is 0.458 e. The summed E-state index contributed by atoms with van der Waals surface area (Å²) >= 11 is 9.56. The van der Waals surface area contributed by atoms with E-state index in [2.05, 4.69) is 12.2 Å². The van der Waals surface area contributed by atoms with E-state index in [0.29, 0.717) is 0 Å². The Morgan fingerprint density at radius 1 is 1.80 bits per heavy atom. The van der Waals surface area contributed by atoms with Gasteiger partial charge in [-0.3, -0.25) is 0 Å². The molecule has 0 fully saturated rings. The summed E-state index contributed by atoms with van der Waals surface area (Å²) in [5, 5.41) is 0. The van der Waals surface area contributed by atoms with Crippen LogP contribution in [0.25, 0.3) is 0 Å². The van der Waals surface area contributed by atoms with Gasteiger partial charge in [-0.05, 0) is 13.3 Å². The van der Waals surface area contributed by atoms with Crippen molar-refractivity contribution < 1.29 is 9.53 Å². The summed E-state index contributed by atoms with van der Waals surface area (Å²) in [6.45, 7) is 3.70. The first-order chi connectivity index (χ1) is 4.57. The van der Waals surface area contributed by atoms with Gasteiger partial charge in [0.05, 0.1) is 6.10 Å². The smallest absolute Gasteiger partial charge is 0.361 e. The standard InChI is InChI=1S/C6H9ClO2S/c1-3-4(2)9-6(8)5(7)10/h4H,3H2,1-2H3. The average Bonchev–Trinajstić information content (AvgIpc) is 1.87. The van der Waals surface area contributed by atoms with Crippen LogP contribution in [0.4, 0.5) is 0 Å². The van der Waals surface area contributed by atoms with Gasteiger partial charge in [-0.15, -0.1) is 0 Å². The van der Waals surface area contributed by atoms with Crippen LogP contribution in [0.15, 0.2) is 0 Å². The summed E-state index contributed by atoms with van der Waals surface area (Å²) < 4.78 is 4.51. The molecule has 0 heterocycles. The highest BCUT2D eigenvalue weighted by Crippen LogP contribution is 1.99. The van der Waals surface area contributed by atoms with Crippen molar-refractivity contribution >= 4 is 34.1 Å². The molecule has 58 valence electrons. The third-order valence-corrected chi connectivity index (χ3v) is 1.36. The van der Waals surface area contributed by atoms with Crippen molar-refractivity contribution in [1.29, 1.82) is 0 Å². The second-order valence-electron chi connectivity index (χ2n) is 1.90. The first-order valence-corrected chi connectivity index (χ1v) is 3.77. The lowest BCUT2D eigenvalue weighted by Gasteiger charge is -2.08. The molecule has 0 aliphatic heterocycles. The molecule has 1 unspecified atom stereocenters. The van der Waals surface area contributed by atoms with Crippen molar-refractivity contribution in [3.8, 4) is 0 Å². The number of carbonyl (C=O) groups is 1.